The van der Waals surface area contributed by atoms with E-state index in [0.717, 1.165) is 12.8 Å². The Morgan fingerprint density at radius 2 is 2.24 bits per heavy atom. The third-order valence-corrected chi connectivity index (χ3v) is 3.29. The van der Waals surface area contributed by atoms with E-state index in [9.17, 15) is 4.39 Å². The molecule has 0 saturated heterocycles. The molecule has 2 N–H and O–H groups in total. The van der Waals surface area contributed by atoms with Crippen LogP contribution in [-0.2, 0) is 6.54 Å². The van der Waals surface area contributed by atoms with E-state index in [-0.39, 0.29) is 17.8 Å². The van der Waals surface area contributed by atoms with Gasteiger partial charge in [-0.15, -0.1) is 0 Å². The summed E-state index contributed by atoms with van der Waals surface area (Å²) in [5.74, 6) is -0.356. The van der Waals surface area contributed by atoms with Crippen molar-refractivity contribution in [3.63, 3.8) is 0 Å². The van der Waals surface area contributed by atoms with Crippen molar-refractivity contribution in [3.05, 3.63) is 35.1 Å². The van der Waals surface area contributed by atoms with Crippen molar-refractivity contribution in [3.8, 4) is 6.07 Å². The van der Waals surface area contributed by atoms with Crippen LogP contribution in [0.5, 0.6) is 0 Å². The molecule has 0 heterocycles. The summed E-state index contributed by atoms with van der Waals surface area (Å²) < 4.78 is 13.5. The van der Waals surface area contributed by atoms with E-state index in [1.54, 1.807) is 12.1 Å². The number of nitrogens with zero attached hydrogens (tertiary/aromatic N) is 1. The van der Waals surface area contributed by atoms with Gasteiger partial charge in [0.1, 0.15) is 5.82 Å². The van der Waals surface area contributed by atoms with E-state index in [4.69, 9.17) is 10.4 Å². The van der Waals surface area contributed by atoms with Crippen LogP contribution in [0.2, 0.25) is 0 Å². The van der Waals surface area contributed by atoms with Crippen molar-refractivity contribution in [1.29, 1.82) is 5.26 Å². The predicted molar refractivity (Wildman–Crippen MR) is 61.6 cm³/mol. The van der Waals surface area contributed by atoms with Crippen molar-refractivity contribution in [2.24, 2.45) is 5.41 Å². The summed E-state index contributed by atoms with van der Waals surface area (Å²) in [5.41, 5.74) is 0.918. The smallest absolute Gasteiger partial charge is 0.129 e. The first-order valence-electron chi connectivity index (χ1n) is 5.69. The largest absolute Gasteiger partial charge is 0.396 e. The summed E-state index contributed by atoms with van der Waals surface area (Å²) in [7, 11) is 0. The van der Waals surface area contributed by atoms with Gasteiger partial charge in [0.05, 0.1) is 11.6 Å². The van der Waals surface area contributed by atoms with Gasteiger partial charge in [0.15, 0.2) is 0 Å². The Hall–Kier alpha value is -1.44. The Labute approximate surface area is 99.9 Å². The quantitative estimate of drug-likeness (QED) is 0.813. The van der Waals surface area contributed by atoms with Gasteiger partial charge in [-0.25, -0.2) is 4.39 Å². The van der Waals surface area contributed by atoms with Crippen molar-refractivity contribution < 1.29 is 9.50 Å². The molecule has 1 aromatic carbocycles. The highest BCUT2D eigenvalue weighted by molar-refractivity contribution is 5.32. The topological polar surface area (TPSA) is 56.0 Å². The van der Waals surface area contributed by atoms with Crippen LogP contribution in [0.15, 0.2) is 18.2 Å². The first-order valence-corrected chi connectivity index (χ1v) is 5.69. The Morgan fingerprint density at radius 3 is 2.76 bits per heavy atom. The number of hydrogen-bond donors (Lipinski definition) is 2. The van der Waals surface area contributed by atoms with Crippen molar-refractivity contribution >= 4 is 0 Å². The van der Waals surface area contributed by atoms with Crippen LogP contribution in [-0.4, -0.2) is 18.3 Å². The molecule has 3 nitrogen and oxygen atoms in total. The van der Waals surface area contributed by atoms with Crippen LogP contribution in [0.4, 0.5) is 4.39 Å². The molecule has 0 atom stereocenters. The molecule has 1 saturated carbocycles. The first kappa shape index (κ1) is 12.0. The van der Waals surface area contributed by atoms with Gasteiger partial charge in [-0.3, -0.25) is 0 Å². The van der Waals surface area contributed by atoms with E-state index in [2.05, 4.69) is 5.32 Å². The van der Waals surface area contributed by atoms with Crippen LogP contribution < -0.4 is 5.32 Å². The lowest BCUT2D eigenvalue weighted by Crippen LogP contribution is -2.26. The molecular weight excluding hydrogens is 219 g/mol. The number of aliphatic hydroxyl groups is 1. The Kier molecular flexibility index (Phi) is 3.41. The number of hydrogen-bond acceptors (Lipinski definition) is 3. The van der Waals surface area contributed by atoms with Gasteiger partial charge in [-0.2, -0.15) is 5.26 Å². The van der Waals surface area contributed by atoms with Crippen LogP contribution >= 0.6 is 0 Å². The molecule has 0 bridgehead atoms. The lowest BCUT2D eigenvalue weighted by Gasteiger charge is -2.13. The molecule has 0 spiro atoms. The van der Waals surface area contributed by atoms with E-state index in [1.165, 1.54) is 6.07 Å². The van der Waals surface area contributed by atoms with Gasteiger partial charge in [0.2, 0.25) is 0 Å². The second kappa shape index (κ2) is 4.82. The molecule has 0 radical (unpaired) electrons. The monoisotopic (exact) mass is 234 g/mol. The molecule has 4 heteroatoms. The minimum Gasteiger partial charge on any atom is -0.396 e. The van der Waals surface area contributed by atoms with E-state index in [1.807, 2.05) is 6.07 Å². The lowest BCUT2D eigenvalue weighted by molar-refractivity contribution is 0.207. The van der Waals surface area contributed by atoms with Crippen LogP contribution in [0, 0.1) is 22.6 Å². The zero-order valence-electron chi connectivity index (χ0n) is 9.54. The number of benzene rings is 1. The third-order valence-electron chi connectivity index (χ3n) is 3.29. The SMILES string of the molecule is N#Cc1ccc(CNCC2(CO)CC2)c(F)c1. The second-order valence-corrected chi connectivity index (χ2v) is 4.68. The fraction of sp³-hybridized carbons (Fsp3) is 0.462. The van der Waals surface area contributed by atoms with Crippen LogP contribution in [0.3, 0.4) is 0 Å². The molecular formula is C13H15FN2O. The highest BCUT2D eigenvalue weighted by atomic mass is 19.1. The Morgan fingerprint density at radius 1 is 1.47 bits per heavy atom. The fourth-order valence-electron chi connectivity index (χ4n) is 1.79. The maximum Gasteiger partial charge on any atom is 0.129 e. The molecule has 17 heavy (non-hydrogen) atoms. The van der Waals surface area contributed by atoms with Gasteiger partial charge in [-0.1, -0.05) is 6.07 Å². The van der Waals surface area contributed by atoms with Gasteiger partial charge >= 0.3 is 0 Å². The molecule has 0 aliphatic heterocycles. The van der Waals surface area contributed by atoms with Gasteiger partial charge < -0.3 is 10.4 Å². The minimum absolute atomic E-state index is 0.0308. The van der Waals surface area contributed by atoms with E-state index < -0.39 is 0 Å². The fourth-order valence-corrected chi connectivity index (χ4v) is 1.79. The van der Waals surface area contributed by atoms with Crippen LogP contribution in [0.1, 0.15) is 24.0 Å². The average Bonchev–Trinajstić information content (AvgIpc) is 3.12. The minimum atomic E-state index is -0.356. The van der Waals surface area contributed by atoms with Crippen molar-refractivity contribution in [2.75, 3.05) is 13.2 Å². The maximum atomic E-state index is 13.5. The predicted octanol–water partition coefficient (Wildman–Crippen LogP) is 1.56. The summed E-state index contributed by atoms with van der Waals surface area (Å²) in [6.07, 6.45) is 2.07. The summed E-state index contributed by atoms with van der Waals surface area (Å²) >= 11 is 0. The summed E-state index contributed by atoms with van der Waals surface area (Å²) in [6.45, 7) is 1.33. The lowest BCUT2D eigenvalue weighted by atomic mass is 10.1. The molecule has 90 valence electrons. The molecule has 2 rings (SSSR count). The maximum absolute atomic E-state index is 13.5. The first-order chi connectivity index (χ1) is 8.19. The van der Waals surface area contributed by atoms with Gasteiger partial charge in [0.25, 0.3) is 0 Å². The zero-order valence-corrected chi connectivity index (χ0v) is 9.54. The molecule has 1 aliphatic carbocycles. The molecule has 1 fully saturated rings. The number of nitrogens with one attached hydrogen (secondary N) is 1. The molecule has 1 aliphatic rings. The average molecular weight is 234 g/mol. The number of rotatable bonds is 5. The van der Waals surface area contributed by atoms with Gasteiger partial charge in [0, 0.05) is 30.7 Å². The van der Waals surface area contributed by atoms with E-state index in [0.29, 0.717) is 24.2 Å². The second-order valence-electron chi connectivity index (χ2n) is 4.68. The zero-order chi connectivity index (χ0) is 12.3. The van der Waals surface area contributed by atoms with Crippen LogP contribution in [0.25, 0.3) is 0 Å². The number of aliphatic hydroxyl groups excluding tert-OH is 1. The molecule has 0 unspecified atom stereocenters. The molecule has 1 aromatic rings. The highest BCUT2D eigenvalue weighted by Gasteiger charge is 2.41. The van der Waals surface area contributed by atoms with E-state index >= 15 is 0 Å². The molecule has 0 aromatic heterocycles. The number of nitriles is 1. The normalized spacial score (nSPS) is 16.5. The summed E-state index contributed by atoms with van der Waals surface area (Å²) in [4.78, 5) is 0. The van der Waals surface area contributed by atoms with Crippen molar-refractivity contribution in [1.82, 2.24) is 5.32 Å². The number of halogens is 1. The highest BCUT2D eigenvalue weighted by Crippen LogP contribution is 2.44. The molecule has 0 amide bonds. The summed E-state index contributed by atoms with van der Waals surface area (Å²) in [6, 6.07) is 6.38. The summed E-state index contributed by atoms with van der Waals surface area (Å²) in [5, 5.41) is 20.9. The third kappa shape index (κ3) is 2.82. The standard InChI is InChI=1S/C13H15FN2O/c14-12-5-10(6-15)1-2-11(12)7-16-8-13(9-17)3-4-13/h1-2,5,16-17H,3-4,7-9H2. The Bertz CT molecular complexity index is 449. The van der Waals surface area contributed by atoms with Gasteiger partial charge in [-0.05, 0) is 25.0 Å². The Balaban J connectivity index is 1.89. The van der Waals surface area contributed by atoms with Crippen molar-refractivity contribution in [2.45, 2.75) is 19.4 Å².